The predicted molar refractivity (Wildman–Crippen MR) is 91.1 cm³/mol. The second-order valence-electron chi connectivity index (χ2n) is 7.86. The van der Waals surface area contributed by atoms with Gasteiger partial charge in [0.1, 0.15) is 5.60 Å². The summed E-state index contributed by atoms with van der Waals surface area (Å²) >= 11 is 0. The molecule has 0 aromatic heterocycles. The molecule has 1 saturated carbocycles. The van der Waals surface area contributed by atoms with Gasteiger partial charge in [-0.3, -0.25) is 0 Å². The molecule has 23 heavy (non-hydrogen) atoms. The van der Waals surface area contributed by atoms with Gasteiger partial charge in [0.15, 0.2) is 0 Å². The molecule has 1 amide bonds. The van der Waals surface area contributed by atoms with Crippen molar-refractivity contribution in [3.05, 3.63) is 35.9 Å². The summed E-state index contributed by atoms with van der Waals surface area (Å²) in [5.41, 5.74) is 0.901. The van der Waals surface area contributed by atoms with Crippen molar-refractivity contribution in [3.63, 3.8) is 0 Å². The molecule has 1 N–H and O–H groups in total. The number of ether oxygens (including phenoxy) is 1. The van der Waals surface area contributed by atoms with Crippen LogP contribution in [0.1, 0.15) is 39.2 Å². The normalized spacial score (nSPS) is 27.1. The number of likely N-dealkylation sites (tertiary alicyclic amines) is 1. The molecule has 1 aromatic rings. The van der Waals surface area contributed by atoms with Crippen LogP contribution in [0.4, 0.5) is 4.79 Å². The number of carbonyl (C=O) groups excluding carboxylic acids is 1. The van der Waals surface area contributed by atoms with Gasteiger partial charge in [-0.05, 0) is 51.0 Å². The summed E-state index contributed by atoms with van der Waals surface area (Å²) in [4.78, 5) is 14.2. The number of rotatable bonds is 3. The van der Waals surface area contributed by atoms with Crippen LogP contribution in [-0.2, 0) is 11.3 Å². The molecule has 2 fully saturated rings. The van der Waals surface area contributed by atoms with Gasteiger partial charge in [-0.2, -0.15) is 0 Å². The van der Waals surface area contributed by atoms with E-state index in [0.717, 1.165) is 19.6 Å². The molecule has 1 aliphatic heterocycles. The van der Waals surface area contributed by atoms with Crippen molar-refractivity contribution in [2.45, 2.75) is 51.8 Å². The molecule has 4 nitrogen and oxygen atoms in total. The van der Waals surface area contributed by atoms with Crippen LogP contribution in [0.5, 0.6) is 0 Å². The van der Waals surface area contributed by atoms with Crippen molar-refractivity contribution in [1.29, 1.82) is 0 Å². The highest BCUT2D eigenvalue weighted by Crippen LogP contribution is 2.38. The van der Waals surface area contributed by atoms with Crippen LogP contribution < -0.4 is 5.32 Å². The van der Waals surface area contributed by atoms with E-state index < -0.39 is 5.60 Å². The lowest BCUT2D eigenvalue weighted by Crippen LogP contribution is -2.38. The topological polar surface area (TPSA) is 41.6 Å². The summed E-state index contributed by atoms with van der Waals surface area (Å²) in [6, 6.07) is 11.0. The maximum absolute atomic E-state index is 12.3. The average Bonchev–Trinajstić information content (AvgIpc) is 3.05. The minimum atomic E-state index is -0.417. The number of fused-ring (bicyclic) bond motifs is 1. The zero-order valence-corrected chi connectivity index (χ0v) is 14.4. The summed E-state index contributed by atoms with van der Waals surface area (Å²) in [6.45, 7) is 8.35. The molecule has 3 atom stereocenters. The molecule has 0 radical (unpaired) electrons. The molecule has 1 heterocycles. The van der Waals surface area contributed by atoms with E-state index in [1.807, 2.05) is 31.7 Å². The van der Waals surface area contributed by atoms with Crippen molar-refractivity contribution in [1.82, 2.24) is 10.2 Å². The molecule has 1 aromatic carbocycles. The smallest absolute Gasteiger partial charge is 0.410 e. The van der Waals surface area contributed by atoms with Crippen LogP contribution in [0.2, 0.25) is 0 Å². The molecule has 3 unspecified atom stereocenters. The third-order valence-electron chi connectivity index (χ3n) is 4.92. The molecular formula is C19H28N2O2. The summed E-state index contributed by atoms with van der Waals surface area (Å²) in [5.74, 6) is 1.18. The van der Waals surface area contributed by atoms with E-state index in [1.165, 1.54) is 18.4 Å². The van der Waals surface area contributed by atoms with Gasteiger partial charge < -0.3 is 15.0 Å². The lowest BCUT2D eigenvalue weighted by atomic mass is 9.97. The highest BCUT2D eigenvalue weighted by molar-refractivity contribution is 5.68. The number of hydrogen-bond donors (Lipinski definition) is 1. The number of nitrogens with one attached hydrogen (secondary N) is 1. The molecular weight excluding hydrogens is 288 g/mol. The third-order valence-corrected chi connectivity index (χ3v) is 4.92. The SMILES string of the molecule is CC(C)(C)OC(=O)N1CC2CCC(NCc3ccccc3)C2C1. The number of hydrogen-bond acceptors (Lipinski definition) is 3. The number of benzene rings is 1. The van der Waals surface area contributed by atoms with E-state index >= 15 is 0 Å². The quantitative estimate of drug-likeness (QED) is 0.929. The van der Waals surface area contributed by atoms with E-state index in [9.17, 15) is 4.79 Å². The van der Waals surface area contributed by atoms with Gasteiger partial charge in [0.2, 0.25) is 0 Å². The minimum absolute atomic E-state index is 0.159. The van der Waals surface area contributed by atoms with E-state index in [0.29, 0.717) is 17.9 Å². The first kappa shape index (κ1) is 16.3. The van der Waals surface area contributed by atoms with Gasteiger partial charge in [0, 0.05) is 25.7 Å². The monoisotopic (exact) mass is 316 g/mol. The maximum atomic E-state index is 12.3. The summed E-state index contributed by atoms with van der Waals surface area (Å²) in [7, 11) is 0. The Bertz CT molecular complexity index is 538. The lowest BCUT2D eigenvalue weighted by molar-refractivity contribution is 0.0278. The van der Waals surface area contributed by atoms with Gasteiger partial charge in [0.05, 0.1) is 0 Å². The van der Waals surface area contributed by atoms with Crippen LogP contribution in [-0.4, -0.2) is 35.7 Å². The molecule has 1 saturated heterocycles. The fourth-order valence-electron chi connectivity index (χ4n) is 3.84. The van der Waals surface area contributed by atoms with Crippen molar-refractivity contribution < 1.29 is 9.53 Å². The van der Waals surface area contributed by atoms with Crippen molar-refractivity contribution >= 4 is 6.09 Å². The minimum Gasteiger partial charge on any atom is -0.444 e. The zero-order chi connectivity index (χ0) is 16.4. The molecule has 0 spiro atoms. The summed E-state index contributed by atoms with van der Waals surface area (Å²) in [6.07, 6.45) is 2.26. The number of carbonyl (C=O) groups is 1. The summed E-state index contributed by atoms with van der Waals surface area (Å²) < 4.78 is 5.52. The Balaban J connectivity index is 1.53. The third kappa shape index (κ3) is 4.05. The molecule has 0 bridgehead atoms. The Morgan fingerprint density at radius 2 is 1.96 bits per heavy atom. The van der Waals surface area contributed by atoms with Crippen molar-refractivity contribution in [3.8, 4) is 0 Å². The highest BCUT2D eigenvalue weighted by Gasteiger charge is 2.44. The Hall–Kier alpha value is -1.55. The Labute approximate surface area is 139 Å². The first-order valence-electron chi connectivity index (χ1n) is 8.67. The maximum Gasteiger partial charge on any atom is 0.410 e. The molecule has 126 valence electrons. The first-order chi connectivity index (χ1) is 10.9. The van der Waals surface area contributed by atoms with E-state index in [-0.39, 0.29) is 6.09 Å². The highest BCUT2D eigenvalue weighted by atomic mass is 16.6. The van der Waals surface area contributed by atoms with E-state index in [1.54, 1.807) is 0 Å². The molecule has 3 rings (SSSR count). The van der Waals surface area contributed by atoms with E-state index in [4.69, 9.17) is 4.74 Å². The van der Waals surface area contributed by atoms with Crippen molar-refractivity contribution in [2.75, 3.05) is 13.1 Å². The Morgan fingerprint density at radius 3 is 2.65 bits per heavy atom. The van der Waals surface area contributed by atoms with Gasteiger partial charge >= 0.3 is 6.09 Å². The molecule has 4 heteroatoms. The first-order valence-corrected chi connectivity index (χ1v) is 8.67. The van der Waals surface area contributed by atoms with Crippen LogP contribution in [0.3, 0.4) is 0 Å². The number of amides is 1. The average molecular weight is 316 g/mol. The van der Waals surface area contributed by atoms with Crippen molar-refractivity contribution in [2.24, 2.45) is 11.8 Å². The second kappa shape index (κ2) is 6.52. The molecule has 2 aliphatic rings. The second-order valence-corrected chi connectivity index (χ2v) is 7.86. The molecule has 1 aliphatic carbocycles. The predicted octanol–water partition coefficient (Wildman–Crippen LogP) is 3.42. The van der Waals surface area contributed by atoms with Gasteiger partial charge in [0.25, 0.3) is 0 Å². The Kier molecular flexibility index (Phi) is 4.62. The largest absolute Gasteiger partial charge is 0.444 e. The van der Waals surface area contributed by atoms with Gasteiger partial charge in [-0.15, -0.1) is 0 Å². The fourth-order valence-corrected chi connectivity index (χ4v) is 3.84. The van der Waals surface area contributed by atoms with Gasteiger partial charge in [-0.1, -0.05) is 30.3 Å². The Morgan fingerprint density at radius 1 is 1.22 bits per heavy atom. The van der Waals surface area contributed by atoms with Crippen LogP contribution in [0.25, 0.3) is 0 Å². The van der Waals surface area contributed by atoms with E-state index in [2.05, 4.69) is 29.6 Å². The lowest BCUT2D eigenvalue weighted by Gasteiger charge is -2.26. The zero-order valence-electron chi connectivity index (χ0n) is 14.4. The number of nitrogens with zero attached hydrogens (tertiary/aromatic N) is 1. The van der Waals surface area contributed by atoms with Crippen LogP contribution in [0.15, 0.2) is 30.3 Å². The standard InChI is InChI=1S/C19H28N2O2/c1-19(2,3)23-18(22)21-12-15-9-10-17(16(15)13-21)20-11-14-7-5-4-6-8-14/h4-8,15-17,20H,9-13H2,1-3H3. The van der Waals surface area contributed by atoms with Crippen LogP contribution >= 0.6 is 0 Å². The van der Waals surface area contributed by atoms with Gasteiger partial charge in [-0.25, -0.2) is 4.79 Å². The fraction of sp³-hybridized carbons (Fsp3) is 0.632. The summed E-state index contributed by atoms with van der Waals surface area (Å²) in [5, 5.41) is 3.70. The van der Waals surface area contributed by atoms with Crippen LogP contribution in [0, 0.1) is 11.8 Å².